The van der Waals surface area contributed by atoms with Crippen molar-refractivity contribution in [3.8, 4) is 0 Å². The van der Waals surface area contributed by atoms with E-state index in [1.165, 1.54) is 42.5 Å². The Hall–Kier alpha value is -3.36. The zero-order valence-electron chi connectivity index (χ0n) is 16.5. The zero-order valence-corrected chi connectivity index (χ0v) is 18.0. The summed E-state index contributed by atoms with van der Waals surface area (Å²) in [7, 11) is -3.88. The van der Waals surface area contributed by atoms with Gasteiger partial charge in [-0.15, -0.1) is 0 Å². The highest BCUT2D eigenvalue weighted by Crippen LogP contribution is 2.24. The molecule has 0 heterocycles. The number of hydrogen-bond donors (Lipinski definition) is 2. The van der Waals surface area contributed by atoms with Crippen molar-refractivity contribution in [2.24, 2.45) is 0 Å². The Morgan fingerprint density at radius 3 is 2.32 bits per heavy atom. The summed E-state index contributed by atoms with van der Waals surface area (Å²) in [5, 5.41) is 2.84. The second kappa shape index (κ2) is 9.63. The van der Waals surface area contributed by atoms with E-state index in [1.807, 2.05) is 0 Å². The molecular weight excluding hydrogens is 440 g/mol. The van der Waals surface area contributed by atoms with E-state index in [9.17, 15) is 18.0 Å². The van der Waals surface area contributed by atoms with Crippen LogP contribution < -0.4 is 10.0 Å². The number of carbonyl (C=O) groups is 2. The van der Waals surface area contributed by atoms with Gasteiger partial charge >= 0.3 is 5.97 Å². The Kier molecular flexibility index (Phi) is 6.94. The van der Waals surface area contributed by atoms with Gasteiger partial charge in [0.2, 0.25) is 0 Å². The molecule has 1 amide bonds. The molecule has 0 bridgehead atoms. The lowest BCUT2D eigenvalue weighted by atomic mass is 10.1. The molecule has 9 heteroatoms. The summed E-state index contributed by atoms with van der Waals surface area (Å²) in [5.41, 5.74) is 0.635. The molecule has 0 spiro atoms. The van der Waals surface area contributed by atoms with E-state index < -0.39 is 21.9 Å². The topological polar surface area (TPSA) is 102 Å². The van der Waals surface area contributed by atoms with E-state index in [2.05, 4.69) is 10.0 Å². The van der Waals surface area contributed by atoms with Crippen LogP contribution in [0.5, 0.6) is 0 Å². The summed E-state index contributed by atoms with van der Waals surface area (Å²) in [5.74, 6) is -1.18. The van der Waals surface area contributed by atoms with Gasteiger partial charge in [-0.1, -0.05) is 41.9 Å². The van der Waals surface area contributed by atoms with E-state index in [1.54, 1.807) is 37.3 Å². The standard InChI is InChI=1S/C22H19ClN2O5S/c1-2-30-22(27)18-14-15(12-13-19(18)23)24-21(26)17-10-6-7-11-20(17)25-31(28,29)16-8-4-3-5-9-16/h3-14,25H,2H2,1H3,(H,24,26). The van der Waals surface area contributed by atoms with Crippen molar-refractivity contribution in [1.82, 2.24) is 0 Å². The minimum atomic E-state index is -3.88. The number of carbonyl (C=O) groups excluding carboxylic acids is 2. The quantitative estimate of drug-likeness (QED) is 0.505. The van der Waals surface area contributed by atoms with Crippen LogP contribution in [-0.4, -0.2) is 26.9 Å². The van der Waals surface area contributed by atoms with E-state index in [-0.39, 0.29) is 33.3 Å². The second-order valence-electron chi connectivity index (χ2n) is 6.33. The molecule has 0 aliphatic heterocycles. The Morgan fingerprint density at radius 2 is 1.61 bits per heavy atom. The van der Waals surface area contributed by atoms with Crippen LogP contribution in [0.25, 0.3) is 0 Å². The summed E-state index contributed by atoms with van der Waals surface area (Å²) >= 11 is 6.05. The number of sulfonamides is 1. The molecule has 7 nitrogen and oxygen atoms in total. The Labute approximate surface area is 185 Å². The Balaban J connectivity index is 1.86. The van der Waals surface area contributed by atoms with Crippen LogP contribution in [-0.2, 0) is 14.8 Å². The van der Waals surface area contributed by atoms with Crippen molar-refractivity contribution in [2.45, 2.75) is 11.8 Å². The SMILES string of the molecule is CCOC(=O)c1cc(NC(=O)c2ccccc2NS(=O)(=O)c2ccccc2)ccc1Cl. The molecule has 0 aliphatic carbocycles. The molecule has 0 fully saturated rings. The number of anilines is 2. The van der Waals surface area contributed by atoms with Crippen LogP contribution in [0.4, 0.5) is 11.4 Å². The zero-order chi connectivity index (χ0) is 22.4. The van der Waals surface area contributed by atoms with Crippen molar-refractivity contribution in [1.29, 1.82) is 0 Å². The monoisotopic (exact) mass is 458 g/mol. The summed E-state index contributed by atoms with van der Waals surface area (Å²) in [6, 6.07) is 18.4. The molecule has 31 heavy (non-hydrogen) atoms. The summed E-state index contributed by atoms with van der Waals surface area (Å²) in [4.78, 5) is 24.9. The van der Waals surface area contributed by atoms with Gasteiger partial charge in [-0.05, 0) is 49.4 Å². The van der Waals surface area contributed by atoms with Gasteiger partial charge < -0.3 is 10.1 Å². The van der Waals surface area contributed by atoms with Crippen LogP contribution in [0.15, 0.2) is 77.7 Å². The van der Waals surface area contributed by atoms with Crippen molar-refractivity contribution < 1.29 is 22.7 Å². The molecule has 0 saturated heterocycles. The number of para-hydroxylation sites is 1. The summed E-state index contributed by atoms with van der Waals surface area (Å²) < 4.78 is 32.7. The third kappa shape index (κ3) is 5.42. The second-order valence-corrected chi connectivity index (χ2v) is 8.42. The normalized spacial score (nSPS) is 10.9. The molecule has 0 aliphatic rings. The van der Waals surface area contributed by atoms with Crippen LogP contribution in [0.3, 0.4) is 0 Å². The van der Waals surface area contributed by atoms with Crippen molar-refractivity contribution in [3.63, 3.8) is 0 Å². The number of halogens is 1. The minimum Gasteiger partial charge on any atom is -0.462 e. The lowest BCUT2D eigenvalue weighted by molar-refractivity contribution is 0.0526. The predicted molar refractivity (Wildman–Crippen MR) is 119 cm³/mol. The van der Waals surface area contributed by atoms with Gasteiger partial charge in [0.25, 0.3) is 15.9 Å². The number of amides is 1. The maximum Gasteiger partial charge on any atom is 0.339 e. The first-order valence-corrected chi connectivity index (χ1v) is 11.1. The molecule has 160 valence electrons. The fourth-order valence-corrected chi connectivity index (χ4v) is 4.04. The van der Waals surface area contributed by atoms with E-state index in [0.717, 1.165) is 0 Å². The molecule has 2 N–H and O–H groups in total. The predicted octanol–water partition coefficient (Wildman–Crippen LogP) is 4.57. The first-order chi connectivity index (χ1) is 14.8. The highest BCUT2D eigenvalue weighted by atomic mass is 35.5. The van der Waals surface area contributed by atoms with Gasteiger partial charge in [0, 0.05) is 5.69 Å². The van der Waals surface area contributed by atoms with Crippen LogP contribution in [0.2, 0.25) is 5.02 Å². The molecular formula is C22H19ClN2O5S. The summed E-state index contributed by atoms with van der Waals surface area (Å²) in [6.07, 6.45) is 0. The molecule has 0 unspecified atom stereocenters. The van der Waals surface area contributed by atoms with Crippen LogP contribution in [0.1, 0.15) is 27.6 Å². The third-order valence-electron chi connectivity index (χ3n) is 4.19. The van der Waals surface area contributed by atoms with Gasteiger partial charge in [0.05, 0.1) is 33.3 Å². The first-order valence-electron chi connectivity index (χ1n) is 9.26. The number of nitrogens with one attached hydrogen (secondary N) is 2. The first kappa shape index (κ1) is 22.3. The maximum atomic E-state index is 12.9. The molecule has 0 aromatic heterocycles. The molecule has 3 aromatic rings. The third-order valence-corrected chi connectivity index (χ3v) is 5.90. The fourth-order valence-electron chi connectivity index (χ4n) is 2.74. The van der Waals surface area contributed by atoms with Gasteiger partial charge in [-0.3, -0.25) is 9.52 Å². The highest BCUT2D eigenvalue weighted by molar-refractivity contribution is 7.92. The van der Waals surface area contributed by atoms with E-state index in [0.29, 0.717) is 5.69 Å². The highest BCUT2D eigenvalue weighted by Gasteiger charge is 2.19. The van der Waals surface area contributed by atoms with E-state index >= 15 is 0 Å². The number of benzene rings is 3. The smallest absolute Gasteiger partial charge is 0.339 e. The molecule has 0 saturated carbocycles. The molecule has 3 rings (SSSR count). The number of hydrogen-bond acceptors (Lipinski definition) is 5. The average Bonchev–Trinajstić information content (AvgIpc) is 2.76. The molecule has 0 radical (unpaired) electrons. The number of rotatable bonds is 7. The van der Waals surface area contributed by atoms with Crippen LogP contribution in [0, 0.1) is 0 Å². The molecule has 3 aromatic carbocycles. The van der Waals surface area contributed by atoms with E-state index in [4.69, 9.17) is 16.3 Å². The van der Waals surface area contributed by atoms with Crippen molar-refractivity contribution in [3.05, 3.63) is 88.9 Å². The lowest BCUT2D eigenvalue weighted by Gasteiger charge is -2.13. The Bertz CT molecular complexity index is 1210. The van der Waals surface area contributed by atoms with Gasteiger partial charge in [0.1, 0.15) is 0 Å². The Morgan fingerprint density at radius 1 is 0.935 bits per heavy atom. The largest absolute Gasteiger partial charge is 0.462 e. The lowest BCUT2D eigenvalue weighted by Crippen LogP contribution is -2.18. The summed E-state index contributed by atoms with van der Waals surface area (Å²) in [6.45, 7) is 1.85. The van der Waals surface area contributed by atoms with Gasteiger partial charge in [-0.2, -0.15) is 0 Å². The average molecular weight is 459 g/mol. The van der Waals surface area contributed by atoms with Gasteiger partial charge in [-0.25, -0.2) is 13.2 Å². The fraction of sp³-hybridized carbons (Fsp3) is 0.0909. The van der Waals surface area contributed by atoms with Crippen LogP contribution >= 0.6 is 11.6 Å². The van der Waals surface area contributed by atoms with Crippen molar-refractivity contribution >= 4 is 44.9 Å². The van der Waals surface area contributed by atoms with Crippen molar-refractivity contribution in [2.75, 3.05) is 16.6 Å². The minimum absolute atomic E-state index is 0.0713. The number of esters is 1. The van der Waals surface area contributed by atoms with Gasteiger partial charge in [0.15, 0.2) is 0 Å². The maximum absolute atomic E-state index is 12.9. The molecule has 0 atom stereocenters. The number of ether oxygens (including phenoxy) is 1.